The SMILES string of the molecule is CC(C)NCC1(O)COc2ccccc2OC1c1ccccc1.Cl. The molecule has 0 saturated heterocycles. The quantitative estimate of drug-likeness (QED) is 0.888. The number of aliphatic hydroxyl groups is 1. The van der Waals surface area contributed by atoms with Crippen LogP contribution >= 0.6 is 12.4 Å². The molecule has 3 rings (SSSR count). The summed E-state index contributed by atoms with van der Waals surface area (Å²) in [6.07, 6.45) is -0.501. The summed E-state index contributed by atoms with van der Waals surface area (Å²) in [5.74, 6) is 1.32. The number of benzene rings is 2. The number of ether oxygens (including phenoxy) is 2. The molecular formula is C19H24ClNO3. The second kappa shape index (κ2) is 7.88. The lowest BCUT2D eigenvalue weighted by Gasteiger charge is -2.34. The van der Waals surface area contributed by atoms with Gasteiger partial charge in [0, 0.05) is 12.6 Å². The van der Waals surface area contributed by atoms with Crippen LogP contribution in [0.1, 0.15) is 25.5 Å². The Hall–Kier alpha value is -1.75. The second-order valence-corrected chi connectivity index (χ2v) is 6.28. The highest BCUT2D eigenvalue weighted by Gasteiger charge is 2.43. The molecule has 0 aromatic heterocycles. The molecule has 2 N–H and O–H groups in total. The molecule has 1 aliphatic rings. The molecule has 24 heavy (non-hydrogen) atoms. The molecule has 0 aliphatic carbocycles. The third-order valence-corrected chi connectivity index (χ3v) is 3.98. The van der Waals surface area contributed by atoms with Crippen LogP contribution in [0.4, 0.5) is 0 Å². The molecule has 0 bridgehead atoms. The normalized spacial score (nSPS) is 22.6. The predicted octanol–water partition coefficient (Wildman–Crippen LogP) is 3.35. The van der Waals surface area contributed by atoms with Crippen molar-refractivity contribution >= 4 is 12.4 Å². The number of para-hydroxylation sites is 2. The van der Waals surface area contributed by atoms with Gasteiger partial charge in [0.25, 0.3) is 0 Å². The number of nitrogens with one attached hydrogen (secondary N) is 1. The van der Waals surface area contributed by atoms with Crippen molar-refractivity contribution in [2.75, 3.05) is 13.2 Å². The highest BCUT2D eigenvalue weighted by atomic mass is 35.5. The number of rotatable bonds is 4. The molecule has 5 heteroatoms. The van der Waals surface area contributed by atoms with Crippen LogP contribution in [-0.4, -0.2) is 29.9 Å². The maximum atomic E-state index is 11.3. The van der Waals surface area contributed by atoms with Crippen molar-refractivity contribution in [1.82, 2.24) is 5.32 Å². The molecule has 0 radical (unpaired) electrons. The fourth-order valence-corrected chi connectivity index (χ4v) is 2.71. The van der Waals surface area contributed by atoms with E-state index >= 15 is 0 Å². The van der Waals surface area contributed by atoms with E-state index in [1.54, 1.807) is 0 Å². The first kappa shape index (κ1) is 18.6. The molecular weight excluding hydrogens is 326 g/mol. The Morgan fingerprint density at radius 2 is 1.71 bits per heavy atom. The summed E-state index contributed by atoms with van der Waals surface area (Å²) < 4.78 is 12.0. The summed E-state index contributed by atoms with van der Waals surface area (Å²) in [7, 11) is 0. The number of hydrogen-bond acceptors (Lipinski definition) is 4. The Kier molecular flexibility index (Phi) is 6.10. The van der Waals surface area contributed by atoms with Gasteiger partial charge in [-0.2, -0.15) is 0 Å². The summed E-state index contributed by atoms with van der Waals surface area (Å²) in [5.41, 5.74) is -0.231. The maximum absolute atomic E-state index is 11.3. The Morgan fingerprint density at radius 1 is 1.08 bits per heavy atom. The molecule has 0 fully saturated rings. The maximum Gasteiger partial charge on any atom is 0.162 e. The Balaban J connectivity index is 0.00000208. The summed E-state index contributed by atoms with van der Waals surface area (Å²) >= 11 is 0. The summed E-state index contributed by atoms with van der Waals surface area (Å²) in [4.78, 5) is 0. The van der Waals surface area contributed by atoms with E-state index in [1.165, 1.54) is 0 Å². The summed E-state index contributed by atoms with van der Waals surface area (Å²) in [6, 6.07) is 17.6. The van der Waals surface area contributed by atoms with Gasteiger partial charge in [0.15, 0.2) is 23.2 Å². The third kappa shape index (κ3) is 4.01. The highest BCUT2D eigenvalue weighted by Crippen LogP contribution is 2.39. The number of fused-ring (bicyclic) bond motifs is 1. The first-order valence-electron chi connectivity index (χ1n) is 7.98. The van der Waals surface area contributed by atoms with Gasteiger partial charge in [-0.05, 0) is 17.7 Å². The zero-order valence-corrected chi connectivity index (χ0v) is 14.8. The first-order chi connectivity index (χ1) is 11.1. The molecule has 1 aliphatic heterocycles. The fourth-order valence-electron chi connectivity index (χ4n) is 2.71. The fraction of sp³-hybridized carbons (Fsp3) is 0.368. The molecule has 2 unspecified atom stereocenters. The van der Waals surface area contributed by atoms with E-state index in [-0.39, 0.29) is 25.1 Å². The van der Waals surface area contributed by atoms with E-state index in [0.29, 0.717) is 18.0 Å². The van der Waals surface area contributed by atoms with E-state index in [2.05, 4.69) is 5.32 Å². The van der Waals surface area contributed by atoms with Gasteiger partial charge >= 0.3 is 0 Å². The van der Waals surface area contributed by atoms with Gasteiger partial charge in [-0.15, -0.1) is 12.4 Å². The minimum absolute atomic E-state index is 0. The van der Waals surface area contributed by atoms with Gasteiger partial charge in [0.05, 0.1) is 0 Å². The van der Waals surface area contributed by atoms with E-state index in [4.69, 9.17) is 9.47 Å². The Bertz CT molecular complexity index is 650. The van der Waals surface area contributed by atoms with Crippen LogP contribution in [0.3, 0.4) is 0 Å². The lowest BCUT2D eigenvalue weighted by Crippen LogP contribution is -2.52. The van der Waals surface area contributed by atoms with Crippen molar-refractivity contribution in [3.05, 3.63) is 60.2 Å². The zero-order chi connectivity index (χ0) is 16.3. The van der Waals surface area contributed by atoms with Crippen LogP contribution in [0.25, 0.3) is 0 Å². The average Bonchev–Trinajstić information content (AvgIpc) is 2.72. The van der Waals surface area contributed by atoms with Crippen molar-refractivity contribution in [3.63, 3.8) is 0 Å². The predicted molar refractivity (Wildman–Crippen MR) is 97.1 cm³/mol. The first-order valence-corrected chi connectivity index (χ1v) is 7.98. The van der Waals surface area contributed by atoms with E-state index in [0.717, 1.165) is 5.56 Å². The molecule has 2 aromatic carbocycles. The lowest BCUT2D eigenvalue weighted by atomic mass is 9.91. The third-order valence-electron chi connectivity index (χ3n) is 3.98. The molecule has 130 valence electrons. The highest BCUT2D eigenvalue weighted by molar-refractivity contribution is 5.85. The largest absolute Gasteiger partial charge is 0.486 e. The van der Waals surface area contributed by atoms with E-state index in [9.17, 15) is 5.11 Å². The molecule has 2 atom stereocenters. The molecule has 2 aromatic rings. The van der Waals surface area contributed by atoms with E-state index < -0.39 is 11.7 Å². The van der Waals surface area contributed by atoms with Gasteiger partial charge in [-0.25, -0.2) is 0 Å². The van der Waals surface area contributed by atoms with Gasteiger partial charge in [0.2, 0.25) is 0 Å². The summed E-state index contributed by atoms with van der Waals surface area (Å²) in [5, 5.41) is 14.6. The second-order valence-electron chi connectivity index (χ2n) is 6.28. The van der Waals surface area contributed by atoms with Crippen LogP contribution in [-0.2, 0) is 0 Å². The molecule has 0 saturated carbocycles. The van der Waals surface area contributed by atoms with Gasteiger partial charge in [-0.1, -0.05) is 56.3 Å². The monoisotopic (exact) mass is 349 g/mol. The minimum Gasteiger partial charge on any atom is -0.486 e. The van der Waals surface area contributed by atoms with Gasteiger partial charge in [-0.3, -0.25) is 0 Å². The van der Waals surface area contributed by atoms with Crippen molar-refractivity contribution in [2.24, 2.45) is 0 Å². The van der Waals surface area contributed by atoms with Crippen LogP contribution in [0.2, 0.25) is 0 Å². The number of hydrogen-bond donors (Lipinski definition) is 2. The van der Waals surface area contributed by atoms with Crippen LogP contribution in [0.15, 0.2) is 54.6 Å². The van der Waals surface area contributed by atoms with Crippen LogP contribution in [0.5, 0.6) is 11.5 Å². The van der Waals surface area contributed by atoms with Crippen molar-refractivity contribution in [3.8, 4) is 11.5 Å². The Labute approximate surface area is 149 Å². The Morgan fingerprint density at radius 3 is 2.38 bits per heavy atom. The van der Waals surface area contributed by atoms with Gasteiger partial charge < -0.3 is 19.9 Å². The molecule has 0 amide bonds. The van der Waals surface area contributed by atoms with Crippen LogP contribution in [0, 0.1) is 0 Å². The van der Waals surface area contributed by atoms with Crippen molar-refractivity contribution < 1.29 is 14.6 Å². The van der Waals surface area contributed by atoms with E-state index in [1.807, 2.05) is 68.4 Å². The van der Waals surface area contributed by atoms with Crippen molar-refractivity contribution in [1.29, 1.82) is 0 Å². The molecule has 0 spiro atoms. The van der Waals surface area contributed by atoms with Crippen LogP contribution < -0.4 is 14.8 Å². The van der Waals surface area contributed by atoms with Gasteiger partial charge in [0.1, 0.15) is 6.61 Å². The van der Waals surface area contributed by atoms with Crippen molar-refractivity contribution in [2.45, 2.75) is 31.6 Å². The zero-order valence-electron chi connectivity index (χ0n) is 13.9. The summed E-state index contributed by atoms with van der Waals surface area (Å²) in [6.45, 7) is 4.66. The molecule has 1 heterocycles. The standard InChI is InChI=1S/C19H23NO3.ClH/c1-14(2)20-12-19(21)13-22-16-10-6-7-11-17(16)23-18(19)15-8-4-3-5-9-15;/h3-11,14,18,20-21H,12-13H2,1-2H3;1H. The minimum atomic E-state index is -1.16. The smallest absolute Gasteiger partial charge is 0.162 e. The lowest BCUT2D eigenvalue weighted by molar-refractivity contribution is -0.0775. The molecule has 4 nitrogen and oxygen atoms in total. The average molecular weight is 350 g/mol. The number of halogens is 1. The topological polar surface area (TPSA) is 50.7 Å².